The molecular weight excluding hydrogens is 377 g/mol. The molecule has 1 aliphatic heterocycles. The molecule has 2 rings (SSSR count). The molecule has 1 amide bonds. The van der Waals surface area contributed by atoms with Crippen molar-refractivity contribution in [1.29, 1.82) is 0 Å². The molecule has 23 heavy (non-hydrogen) atoms. The Labute approximate surface area is 159 Å². The SMILES string of the molecule is CC#CCOc1cc(F)c(C2=[C-]CCC(=O)N2CC)c(F)c1.[Y]. The van der Waals surface area contributed by atoms with Crippen LogP contribution >= 0.6 is 0 Å². The zero-order valence-electron chi connectivity index (χ0n) is 13.1. The van der Waals surface area contributed by atoms with Gasteiger partial charge in [-0.3, -0.25) is 4.79 Å². The fourth-order valence-electron chi connectivity index (χ4n) is 2.25. The van der Waals surface area contributed by atoms with Crippen LogP contribution < -0.4 is 4.74 Å². The van der Waals surface area contributed by atoms with E-state index in [9.17, 15) is 13.6 Å². The first-order chi connectivity index (χ1) is 10.6. The van der Waals surface area contributed by atoms with Gasteiger partial charge in [-0.1, -0.05) is 11.5 Å². The standard InChI is InChI=1S/C17H16F2NO2.Y/c1-3-5-9-22-12-10-13(18)17(14(19)11-12)15-7-6-8-16(21)20(15)4-2;/h10-11H,4,6,8-9H2,1-2H3;/q-1;. The van der Waals surface area contributed by atoms with E-state index in [-0.39, 0.29) is 62.2 Å². The Balaban J connectivity index is 0.00000264. The fraction of sp³-hybridized carbons (Fsp3) is 0.353. The van der Waals surface area contributed by atoms with E-state index in [0.717, 1.165) is 12.1 Å². The number of benzene rings is 1. The van der Waals surface area contributed by atoms with Crippen LogP contribution in [-0.2, 0) is 37.5 Å². The number of nitrogens with zero attached hydrogens (tertiary/aromatic N) is 1. The van der Waals surface area contributed by atoms with Crippen molar-refractivity contribution in [3.05, 3.63) is 35.4 Å². The van der Waals surface area contributed by atoms with Gasteiger partial charge in [-0.25, -0.2) is 14.9 Å². The summed E-state index contributed by atoms with van der Waals surface area (Å²) in [4.78, 5) is 13.2. The monoisotopic (exact) mass is 393 g/mol. The third kappa shape index (κ3) is 4.62. The minimum Gasteiger partial charge on any atom is -0.481 e. The Morgan fingerprint density at radius 1 is 1.35 bits per heavy atom. The molecule has 0 aromatic heterocycles. The summed E-state index contributed by atoms with van der Waals surface area (Å²) < 4.78 is 33.7. The Hall–Kier alpha value is -1.25. The van der Waals surface area contributed by atoms with E-state index in [1.807, 2.05) is 0 Å². The molecule has 3 nitrogen and oxygen atoms in total. The van der Waals surface area contributed by atoms with Gasteiger partial charge in [0, 0.05) is 45.7 Å². The fourth-order valence-corrected chi connectivity index (χ4v) is 2.25. The van der Waals surface area contributed by atoms with Crippen LogP contribution in [0.5, 0.6) is 5.75 Å². The molecule has 1 aromatic carbocycles. The van der Waals surface area contributed by atoms with Crippen molar-refractivity contribution in [3.63, 3.8) is 0 Å². The summed E-state index contributed by atoms with van der Waals surface area (Å²) >= 11 is 0. The van der Waals surface area contributed by atoms with E-state index < -0.39 is 11.6 Å². The van der Waals surface area contributed by atoms with E-state index >= 15 is 0 Å². The van der Waals surface area contributed by atoms with Crippen molar-refractivity contribution in [2.75, 3.05) is 13.2 Å². The molecule has 1 aromatic rings. The van der Waals surface area contributed by atoms with Crippen molar-refractivity contribution < 1.29 is 51.0 Å². The van der Waals surface area contributed by atoms with Gasteiger partial charge in [-0.15, -0.1) is 18.0 Å². The molecule has 6 heteroatoms. The largest absolute Gasteiger partial charge is 0.481 e. The third-order valence-corrected chi connectivity index (χ3v) is 3.26. The van der Waals surface area contributed by atoms with Crippen LogP contribution in [0.15, 0.2) is 12.1 Å². The average Bonchev–Trinajstić information content (AvgIpc) is 2.47. The number of halogens is 2. The predicted octanol–water partition coefficient (Wildman–Crippen LogP) is 3.15. The second-order valence-electron chi connectivity index (χ2n) is 4.64. The molecule has 0 saturated heterocycles. The summed E-state index contributed by atoms with van der Waals surface area (Å²) in [5, 5.41) is 0. The summed E-state index contributed by atoms with van der Waals surface area (Å²) in [5.74, 6) is 3.61. The van der Waals surface area contributed by atoms with Gasteiger partial charge in [-0.05, 0) is 26.0 Å². The molecule has 0 saturated carbocycles. The number of ether oxygens (including phenoxy) is 1. The molecule has 1 radical (unpaired) electrons. The van der Waals surface area contributed by atoms with Crippen LogP contribution in [0.3, 0.4) is 0 Å². The Morgan fingerprint density at radius 2 is 2.00 bits per heavy atom. The molecule has 0 fully saturated rings. The van der Waals surface area contributed by atoms with Crippen LogP contribution in [0.2, 0.25) is 0 Å². The minimum absolute atomic E-state index is 0. The first-order valence-corrected chi connectivity index (χ1v) is 7.01. The van der Waals surface area contributed by atoms with Crippen molar-refractivity contribution in [3.8, 4) is 17.6 Å². The van der Waals surface area contributed by atoms with Crippen molar-refractivity contribution in [2.24, 2.45) is 0 Å². The van der Waals surface area contributed by atoms with Crippen LogP contribution in [0.4, 0.5) is 8.78 Å². The minimum atomic E-state index is -0.782. The van der Waals surface area contributed by atoms with Crippen LogP contribution in [0.25, 0.3) is 5.70 Å². The zero-order chi connectivity index (χ0) is 16.1. The van der Waals surface area contributed by atoms with Gasteiger partial charge in [0.2, 0.25) is 5.91 Å². The molecule has 0 N–H and O–H groups in total. The van der Waals surface area contributed by atoms with E-state index in [0.29, 0.717) is 19.4 Å². The van der Waals surface area contributed by atoms with E-state index in [1.54, 1.807) is 13.8 Å². The second kappa shape index (κ2) is 9.15. The van der Waals surface area contributed by atoms with Gasteiger partial charge in [0.25, 0.3) is 0 Å². The van der Waals surface area contributed by atoms with Crippen molar-refractivity contribution in [2.45, 2.75) is 26.7 Å². The van der Waals surface area contributed by atoms with Crippen molar-refractivity contribution in [1.82, 2.24) is 4.90 Å². The van der Waals surface area contributed by atoms with Crippen LogP contribution in [0, 0.1) is 29.6 Å². The summed E-state index contributed by atoms with van der Waals surface area (Å²) in [6.07, 6.45) is 3.56. The third-order valence-electron chi connectivity index (χ3n) is 3.26. The first-order valence-electron chi connectivity index (χ1n) is 7.01. The molecule has 0 bridgehead atoms. The smallest absolute Gasteiger partial charge is 0.223 e. The zero-order valence-corrected chi connectivity index (χ0v) is 15.9. The number of hydrogen-bond acceptors (Lipinski definition) is 2. The van der Waals surface area contributed by atoms with Gasteiger partial charge >= 0.3 is 0 Å². The van der Waals surface area contributed by atoms with Crippen LogP contribution in [0.1, 0.15) is 32.3 Å². The van der Waals surface area contributed by atoms with Gasteiger partial charge in [0.05, 0.1) is 11.6 Å². The molecular formula is C17H16F2NO2Y-. The normalized spacial score (nSPS) is 13.7. The number of rotatable bonds is 4. The topological polar surface area (TPSA) is 29.5 Å². The molecule has 0 atom stereocenters. The maximum absolute atomic E-state index is 14.3. The van der Waals surface area contributed by atoms with Gasteiger partial charge in [-0.2, -0.15) is 0 Å². The van der Waals surface area contributed by atoms with E-state index in [4.69, 9.17) is 4.74 Å². The Bertz CT molecular complexity index is 654. The summed E-state index contributed by atoms with van der Waals surface area (Å²) in [5.41, 5.74) is -0.0857. The van der Waals surface area contributed by atoms with Gasteiger partial charge in [0.1, 0.15) is 12.4 Å². The van der Waals surface area contributed by atoms with Gasteiger partial charge in [0.15, 0.2) is 0 Å². The Morgan fingerprint density at radius 3 is 2.57 bits per heavy atom. The van der Waals surface area contributed by atoms with E-state index in [1.165, 1.54) is 4.90 Å². The molecule has 0 spiro atoms. The van der Waals surface area contributed by atoms with Crippen LogP contribution in [-0.4, -0.2) is 24.0 Å². The molecule has 119 valence electrons. The second-order valence-corrected chi connectivity index (χ2v) is 4.64. The van der Waals surface area contributed by atoms with Gasteiger partial charge < -0.3 is 9.64 Å². The summed E-state index contributed by atoms with van der Waals surface area (Å²) in [7, 11) is 0. The summed E-state index contributed by atoms with van der Waals surface area (Å²) in [6.45, 7) is 3.80. The number of allylic oxidation sites excluding steroid dienone is 1. The number of carbonyl (C=O) groups excluding carboxylic acids is 1. The Kier molecular flexibility index (Phi) is 7.88. The van der Waals surface area contributed by atoms with E-state index in [2.05, 4.69) is 17.9 Å². The maximum Gasteiger partial charge on any atom is 0.223 e. The first kappa shape index (κ1) is 19.8. The maximum atomic E-state index is 14.3. The molecule has 0 unspecified atom stereocenters. The number of hydrogen-bond donors (Lipinski definition) is 0. The number of amides is 1. The molecule has 1 aliphatic rings. The molecule has 1 heterocycles. The molecule has 0 aliphatic carbocycles. The van der Waals surface area contributed by atoms with Crippen molar-refractivity contribution >= 4 is 11.6 Å². The number of carbonyl (C=O) groups is 1. The summed E-state index contributed by atoms with van der Waals surface area (Å²) in [6, 6.07) is 2.19. The average molecular weight is 393 g/mol. The predicted molar refractivity (Wildman–Crippen MR) is 78.6 cm³/mol. The quantitative estimate of drug-likeness (QED) is 0.581.